The van der Waals surface area contributed by atoms with Crippen molar-refractivity contribution in [3.05, 3.63) is 28.8 Å². The molecule has 0 aliphatic carbocycles. The quantitative estimate of drug-likeness (QED) is 0.801. The van der Waals surface area contributed by atoms with Crippen molar-refractivity contribution < 1.29 is 9.90 Å². The van der Waals surface area contributed by atoms with Crippen LogP contribution in [-0.2, 0) is 22.0 Å². The Morgan fingerprint density at radius 1 is 1.12 bits per heavy atom. The predicted octanol–water partition coefficient (Wildman–Crippen LogP) is 3.95. The Morgan fingerprint density at radius 3 is 2.04 bits per heavy atom. The van der Waals surface area contributed by atoms with Gasteiger partial charge in [0.05, 0.1) is 12.5 Å². The lowest BCUT2D eigenvalue weighted by molar-refractivity contribution is -0.121. The number of hydrogen-bond acceptors (Lipinski definition) is 3. The molecule has 0 aliphatic rings. The average molecular weight is 334 g/mol. The molecule has 1 aromatic rings. The fraction of sp³-hybridized carbons (Fsp3) is 0.600. The van der Waals surface area contributed by atoms with Gasteiger partial charge < -0.3 is 10.4 Å². The third-order valence-corrected chi connectivity index (χ3v) is 3.99. The van der Waals surface area contributed by atoms with E-state index in [9.17, 15) is 9.90 Å². The lowest BCUT2D eigenvalue weighted by atomic mass is 9.78. The molecule has 2 N–H and O–H groups in total. The minimum absolute atomic E-state index is 0.0482. The molecule has 0 atom stereocenters. The number of amides is 1. The number of nitrogens with one attached hydrogen (secondary N) is 1. The maximum Gasteiger partial charge on any atom is 0.220 e. The fourth-order valence-corrected chi connectivity index (χ4v) is 2.59. The van der Waals surface area contributed by atoms with Crippen LogP contribution in [0.25, 0.3) is 0 Å². The van der Waals surface area contributed by atoms with Crippen LogP contribution in [0, 0.1) is 11.3 Å². The van der Waals surface area contributed by atoms with Crippen molar-refractivity contribution >= 4 is 5.91 Å². The van der Waals surface area contributed by atoms with E-state index in [1.807, 2.05) is 18.2 Å². The summed E-state index contributed by atoms with van der Waals surface area (Å²) in [4.78, 5) is 11.9. The van der Waals surface area contributed by atoms with Gasteiger partial charge in [0.1, 0.15) is 5.75 Å². The number of nitrogens with zero attached hydrogens (tertiary/aromatic N) is 1. The lowest BCUT2D eigenvalue weighted by Gasteiger charge is -2.28. The molecular formula is C20H30N2O2. The van der Waals surface area contributed by atoms with Crippen molar-refractivity contribution in [2.75, 3.05) is 6.54 Å². The van der Waals surface area contributed by atoms with Crippen molar-refractivity contribution in [3.8, 4) is 11.8 Å². The highest BCUT2D eigenvalue weighted by Crippen LogP contribution is 2.39. The summed E-state index contributed by atoms with van der Waals surface area (Å²) in [6.07, 6.45) is 1.32. The minimum atomic E-state index is -0.171. The smallest absolute Gasteiger partial charge is 0.220 e. The van der Waals surface area contributed by atoms with Crippen molar-refractivity contribution in [2.24, 2.45) is 0 Å². The standard InChI is InChI=1S/C20H30N2O2/c1-19(2,3)15-12-14(8-9-17(23)22-11-7-10-21)13-16(18(15)24)20(4,5)6/h12-13,24H,7-9,11H2,1-6H3,(H,22,23)/i10+2,17+2. The monoisotopic (exact) mass is 334 g/mol. The van der Waals surface area contributed by atoms with Gasteiger partial charge in [-0.2, -0.15) is 5.26 Å². The Morgan fingerprint density at radius 2 is 1.62 bits per heavy atom. The number of aryl methyl sites for hydroxylation is 1. The average Bonchev–Trinajstić information content (AvgIpc) is 2.44. The van der Waals surface area contributed by atoms with Gasteiger partial charge in [-0.25, -0.2) is 0 Å². The highest BCUT2D eigenvalue weighted by molar-refractivity contribution is 5.76. The Bertz CT molecular complexity index is 594. The number of benzene rings is 1. The van der Waals surface area contributed by atoms with E-state index in [1.54, 1.807) is 0 Å². The van der Waals surface area contributed by atoms with Gasteiger partial charge in [0, 0.05) is 13.0 Å². The molecule has 0 heterocycles. The number of rotatable bonds is 5. The second-order valence-corrected chi connectivity index (χ2v) is 8.30. The van der Waals surface area contributed by atoms with Gasteiger partial charge in [-0.15, -0.1) is 0 Å². The molecule has 24 heavy (non-hydrogen) atoms. The number of carbonyl (C=O) groups is 1. The van der Waals surface area contributed by atoms with Crippen molar-refractivity contribution in [3.63, 3.8) is 0 Å². The third-order valence-electron chi connectivity index (χ3n) is 3.99. The van der Waals surface area contributed by atoms with E-state index in [4.69, 9.17) is 5.26 Å². The van der Waals surface area contributed by atoms with Gasteiger partial charge in [-0.05, 0) is 33.9 Å². The molecule has 1 aromatic carbocycles. The topological polar surface area (TPSA) is 73.1 Å². The number of phenolic OH excluding ortho intramolecular Hbond substituents is 1. The van der Waals surface area contributed by atoms with Gasteiger partial charge in [-0.1, -0.05) is 53.7 Å². The second kappa shape index (κ2) is 7.70. The molecule has 0 fully saturated rings. The zero-order chi connectivity index (χ0) is 18.5. The second-order valence-electron chi connectivity index (χ2n) is 8.30. The maximum atomic E-state index is 11.9. The van der Waals surface area contributed by atoms with Crippen LogP contribution in [0.4, 0.5) is 0 Å². The van der Waals surface area contributed by atoms with Gasteiger partial charge in [0.25, 0.3) is 0 Å². The Hall–Kier alpha value is -2.02. The van der Waals surface area contributed by atoms with E-state index >= 15 is 0 Å². The Kier molecular flexibility index (Phi) is 6.42. The first kappa shape index (κ1) is 20.0. The SMILES string of the molecule is CC(C)(C)c1cc(CC[14C](=O)NCC[14C]#N)cc(C(C)(C)C)c1O. The molecule has 1 amide bonds. The van der Waals surface area contributed by atoms with Crippen LogP contribution >= 0.6 is 0 Å². The van der Waals surface area contributed by atoms with Crippen molar-refractivity contribution in [1.82, 2.24) is 5.32 Å². The maximum absolute atomic E-state index is 11.9. The van der Waals surface area contributed by atoms with E-state index in [-0.39, 0.29) is 16.7 Å². The first-order chi connectivity index (χ1) is 11.0. The zero-order valence-electron chi connectivity index (χ0n) is 15.8. The summed E-state index contributed by atoms with van der Waals surface area (Å²) in [7, 11) is 0. The highest BCUT2D eigenvalue weighted by Gasteiger charge is 2.26. The summed E-state index contributed by atoms with van der Waals surface area (Å²) < 4.78 is 0. The Balaban J connectivity index is 3.04. The molecule has 0 unspecified atom stereocenters. The highest BCUT2D eigenvalue weighted by atomic mass is 16.3. The normalized spacial score (nSPS) is 11.9. The number of nitriles is 1. The predicted molar refractivity (Wildman–Crippen MR) is 97.1 cm³/mol. The molecule has 132 valence electrons. The van der Waals surface area contributed by atoms with Gasteiger partial charge in [0.15, 0.2) is 0 Å². The minimum Gasteiger partial charge on any atom is -0.507 e. The molecule has 0 aliphatic heterocycles. The molecule has 0 saturated heterocycles. The first-order valence-electron chi connectivity index (χ1n) is 8.47. The summed E-state index contributed by atoms with van der Waals surface area (Å²) in [5.41, 5.74) is 2.53. The van der Waals surface area contributed by atoms with Crippen LogP contribution in [0.15, 0.2) is 12.1 Å². The zero-order valence-corrected chi connectivity index (χ0v) is 15.8. The van der Waals surface area contributed by atoms with Crippen LogP contribution < -0.4 is 5.32 Å². The fourth-order valence-electron chi connectivity index (χ4n) is 2.59. The van der Waals surface area contributed by atoms with Crippen LogP contribution in [0.5, 0.6) is 5.75 Å². The van der Waals surface area contributed by atoms with E-state index in [1.165, 1.54) is 0 Å². The molecule has 1 rings (SSSR count). The largest absolute Gasteiger partial charge is 0.507 e. The number of aromatic hydroxyl groups is 1. The van der Waals surface area contributed by atoms with Crippen molar-refractivity contribution in [2.45, 2.75) is 71.6 Å². The van der Waals surface area contributed by atoms with E-state index in [2.05, 4.69) is 46.9 Å². The lowest BCUT2D eigenvalue weighted by Crippen LogP contribution is -2.24. The number of phenols is 1. The van der Waals surface area contributed by atoms with Gasteiger partial charge in [0.2, 0.25) is 5.91 Å². The van der Waals surface area contributed by atoms with Crippen molar-refractivity contribution in [1.29, 1.82) is 5.26 Å². The molecule has 0 bridgehead atoms. The Labute approximate surface area is 145 Å². The molecule has 0 spiro atoms. The summed E-state index contributed by atoms with van der Waals surface area (Å²) in [6, 6.07) is 6.02. The van der Waals surface area contributed by atoms with E-state index < -0.39 is 0 Å². The summed E-state index contributed by atoms with van der Waals surface area (Å²) in [6.45, 7) is 12.9. The van der Waals surface area contributed by atoms with Crippen LogP contribution in [-0.4, -0.2) is 17.6 Å². The summed E-state index contributed by atoms with van der Waals surface area (Å²) in [5, 5.41) is 21.9. The number of carbonyl (C=O) groups excluding carboxylic acids is 1. The van der Waals surface area contributed by atoms with Gasteiger partial charge in [-0.3, -0.25) is 4.79 Å². The molecule has 0 saturated carbocycles. The van der Waals surface area contributed by atoms with Crippen LogP contribution in [0.3, 0.4) is 0 Å². The first-order valence-corrected chi connectivity index (χ1v) is 8.47. The van der Waals surface area contributed by atoms with E-state index in [0.29, 0.717) is 31.6 Å². The number of hydrogen-bond donors (Lipinski definition) is 2. The molecule has 0 aromatic heterocycles. The molecule has 4 nitrogen and oxygen atoms in total. The molecular weight excluding hydrogens is 304 g/mol. The van der Waals surface area contributed by atoms with Crippen LogP contribution in [0.2, 0.25) is 0 Å². The van der Waals surface area contributed by atoms with Crippen LogP contribution in [0.1, 0.15) is 71.1 Å². The van der Waals surface area contributed by atoms with E-state index in [0.717, 1.165) is 16.7 Å². The summed E-state index contributed by atoms with van der Waals surface area (Å²) >= 11 is 0. The third kappa shape index (κ3) is 5.56. The summed E-state index contributed by atoms with van der Waals surface area (Å²) in [5.74, 6) is 0.310. The molecule has 4 heteroatoms. The molecule has 0 radical (unpaired) electrons. The van der Waals surface area contributed by atoms with Gasteiger partial charge >= 0.3 is 0 Å².